The van der Waals surface area contributed by atoms with Crippen molar-refractivity contribution in [3.8, 4) is 0 Å². The lowest BCUT2D eigenvalue weighted by molar-refractivity contribution is -0.481. The second-order valence-corrected chi connectivity index (χ2v) is 7.46. The van der Waals surface area contributed by atoms with E-state index in [4.69, 9.17) is 9.47 Å². The van der Waals surface area contributed by atoms with Crippen LogP contribution in [0.4, 0.5) is 10.5 Å². The average molecular weight is 424 g/mol. The summed E-state index contributed by atoms with van der Waals surface area (Å²) in [7, 11) is 0. The minimum atomic E-state index is -0.837. The van der Waals surface area contributed by atoms with Crippen LogP contribution >= 0.6 is 0 Å². The summed E-state index contributed by atoms with van der Waals surface area (Å²) in [5.41, 5.74) is 2.10. The van der Waals surface area contributed by atoms with E-state index in [1.807, 2.05) is 30.3 Å². The largest absolute Gasteiger partial charge is 0.460 e. The normalized spacial score (nSPS) is 15.5. The predicted molar refractivity (Wildman–Crippen MR) is 114 cm³/mol. The summed E-state index contributed by atoms with van der Waals surface area (Å²) < 4.78 is 10.8. The molecule has 3 rings (SSSR count). The Bertz CT molecular complexity index is 1020. The van der Waals surface area contributed by atoms with Gasteiger partial charge in [0.1, 0.15) is 6.61 Å². The number of allylic oxidation sites excluding steroid dienone is 1. The summed E-state index contributed by atoms with van der Waals surface area (Å²) in [6, 6.07) is 16.0. The predicted octanol–water partition coefficient (Wildman–Crippen LogP) is 4.43. The molecule has 162 valence electrons. The van der Waals surface area contributed by atoms with Gasteiger partial charge in [-0.3, -0.25) is 10.1 Å². The zero-order chi connectivity index (χ0) is 22.5. The van der Waals surface area contributed by atoms with Gasteiger partial charge in [0.2, 0.25) is 6.54 Å². The number of rotatable bonds is 6. The number of para-hydroxylation sites is 1. The van der Waals surface area contributed by atoms with E-state index >= 15 is 0 Å². The minimum absolute atomic E-state index is 0.0513. The number of anilines is 1. The first-order chi connectivity index (χ1) is 14.8. The maximum atomic E-state index is 13.0. The Morgan fingerprint density at radius 2 is 1.74 bits per heavy atom. The molecule has 0 saturated carbocycles. The molecule has 1 amide bonds. The quantitative estimate of drug-likeness (QED) is 0.386. The highest BCUT2D eigenvalue weighted by Gasteiger charge is 2.40. The van der Waals surface area contributed by atoms with E-state index in [0.29, 0.717) is 11.3 Å². The number of esters is 1. The first-order valence-electron chi connectivity index (χ1n) is 9.92. The lowest BCUT2D eigenvalue weighted by atomic mass is 9.85. The number of carbonyl (C=O) groups is 2. The molecule has 0 aromatic heterocycles. The van der Waals surface area contributed by atoms with Crippen LogP contribution < -0.4 is 4.90 Å². The highest BCUT2D eigenvalue weighted by molar-refractivity contribution is 6.00. The summed E-state index contributed by atoms with van der Waals surface area (Å²) in [5, 5.41) is 11.4. The molecule has 0 bridgehead atoms. The summed E-state index contributed by atoms with van der Waals surface area (Å²) in [6.07, 6.45) is -1.09. The lowest BCUT2D eigenvalue weighted by Crippen LogP contribution is -2.38. The second-order valence-electron chi connectivity index (χ2n) is 7.46. The van der Waals surface area contributed by atoms with Gasteiger partial charge in [-0.2, -0.15) is 0 Å². The molecule has 1 heterocycles. The van der Waals surface area contributed by atoms with E-state index in [1.165, 1.54) is 4.90 Å². The van der Waals surface area contributed by atoms with Crippen LogP contribution in [0, 0.1) is 10.1 Å². The molecular formula is C23H24N2O6. The van der Waals surface area contributed by atoms with Crippen LogP contribution in [0.3, 0.4) is 0 Å². The third kappa shape index (κ3) is 4.91. The molecule has 31 heavy (non-hydrogen) atoms. The van der Waals surface area contributed by atoms with E-state index in [1.54, 1.807) is 45.0 Å². The van der Waals surface area contributed by atoms with E-state index in [2.05, 4.69) is 0 Å². The van der Waals surface area contributed by atoms with Gasteiger partial charge in [0, 0.05) is 10.6 Å². The SMILES string of the molecule is CC1=C(C(=O)OC(C)C)[C@H](C[N+](=O)[O-])c2ccccc2N1C(=O)OCc1ccccc1. The van der Waals surface area contributed by atoms with Gasteiger partial charge in [0.05, 0.1) is 23.3 Å². The molecule has 0 unspecified atom stereocenters. The smallest absolute Gasteiger partial charge is 0.419 e. The van der Waals surface area contributed by atoms with Crippen molar-refractivity contribution in [1.29, 1.82) is 0 Å². The summed E-state index contributed by atoms with van der Waals surface area (Å²) in [6.45, 7) is 4.51. The second kappa shape index (κ2) is 9.42. The molecule has 0 saturated heterocycles. The standard InChI is InChI=1S/C23H24N2O6/c1-15(2)31-22(26)21-16(3)25(23(27)30-14-17-9-5-4-6-10-17)20-12-8-7-11-18(20)19(21)13-24(28)29/h4-12,15,19H,13-14H2,1-3H3/t19-/m1/s1. The maximum absolute atomic E-state index is 13.0. The van der Waals surface area contributed by atoms with E-state index in [9.17, 15) is 19.7 Å². The van der Waals surface area contributed by atoms with Gasteiger partial charge in [0.15, 0.2) is 0 Å². The fourth-order valence-electron chi connectivity index (χ4n) is 3.62. The number of benzene rings is 2. The zero-order valence-corrected chi connectivity index (χ0v) is 17.6. The Hall–Kier alpha value is -3.68. The number of carbonyl (C=O) groups excluding carboxylic acids is 2. The molecule has 8 nitrogen and oxygen atoms in total. The number of nitro groups is 1. The molecule has 0 fully saturated rings. The molecule has 8 heteroatoms. The molecule has 1 atom stereocenters. The van der Waals surface area contributed by atoms with Crippen LogP contribution in [0.1, 0.15) is 37.8 Å². The molecule has 2 aromatic rings. The zero-order valence-electron chi connectivity index (χ0n) is 17.6. The topological polar surface area (TPSA) is 99.0 Å². The number of fused-ring (bicyclic) bond motifs is 1. The molecule has 1 aliphatic rings. The summed E-state index contributed by atoms with van der Waals surface area (Å²) in [4.78, 5) is 38.1. The Labute approximate surface area is 180 Å². The first-order valence-corrected chi connectivity index (χ1v) is 9.92. The monoisotopic (exact) mass is 424 g/mol. The van der Waals surface area contributed by atoms with Crippen molar-refractivity contribution in [3.05, 3.63) is 87.1 Å². The molecule has 2 aromatic carbocycles. The van der Waals surface area contributed by atoms with Crippen LogP contribution in [0.5, 0.6) is 0 Å². The third-order valence-electron chi connectivity index (χ3n) is 4.91. The fraction of sp³-hybridized carbons (Fsp3) is 0.304. The lowest BCUT2D eigenvalue weighted by Gasteiger charge is -2.34. The van der Waals surface area contributed by atoms with Gasteiger partial charge in [0.25, 0.3) is 0 Å². The number of ether oxygens (including phenoxy) is 2. The van der Waals surface area contributed by atoms with Crippen LogP contribution in [0.25, 0.3) is 0 Å². The van der Waals surface area contributed by atoms with Gasteiger partial charge in [-0.25, -0.2) is 14.5 Å². The Morgan fingerprint density at radius 3 is 2.39 bits per heavy atom. The number of hydrogen-bond acceptors (Lipinski definition) is 6. The van der Waals surface area contributed by atoms with Crippen molar-refractivity contribution in [2.24, 2.45) is 0 Å². The van der Waals surface area contributed by atoms with Crippen LogP contribution in [-0.2, 0) is 20.9 Å². The van der Waals surface area contributed by atoms with Crippen molar-refractivity contribution in [3.63, 3.8) is 0 Å². The van der Waals surface area contributed by atoms with E-state index < -0.39 is 35.6 Å². The Balaban J connectivity index is 2.02. The first kappa shape index (κ1) is 22.0. The van der Waals surface area contributed by atoms with Crippen LogP contribution in [-0.4, -0.2) is 29.6 Å². The van der Waals surface area contributed by atoms with Crippen molar-refractivity contribution >= 4 is 17.7 Å². The highest BCUT2D eigenvalue weighted by atomic mass is 16.6. The van der Waals surface area contributed by atoms with Crippen molar-refractivity contribution in [2.75, 3.05) is 11.4 Å². The molecule has 0 radical (unpaired) electrons. The number of hydrogen-bond donors (Lipinski definition) is 0. The van der Waals surface area contributed by atoms with Gasteiger partial charge in [-0.05, 0) is 38.0 Å². The third-order valence-corrected chi connectivity index (χ3v) is 4.91. The van der Waals surface area contributed by atoms with E-state index in [-0.39, 0.29) is 17.9 Å². The maximum Gasteiger partial charge on any atom is 0.419 e. The molecule has 0 N–H and O–H groups in total. The molecular weight excluding hydrogens is 400 g/mol. The number of amides is 1. The Kier molecular flexibility index (Phi) is 6.69. The summed E-state index contributed by atoms with van der Waals surface area (Å²) in [5.74, 6) is -1.52. The van der Waals surface area contributed by atoms with Gasteiger partial charge >= 0.3 is 12.1 Å². The van der Waals surface area contributed by atoms with Gasteiger partial charge < -0.3 is 9.47 Å². The fourth-order valence-corrected chi connectivity index (χ4v) is 3.62. The average Bonchev–Trinajstić information content (AvgIpc) is 2.72. The van der Waals surface area contributed by atoms with E-state index in [0.717, 1.165) is 5.56 Å². The van der Waals surface area contributed by atoms with Crippen LogP contribution in [0.15, 0.2) is 65.9 Å². The van der Waals surface area contributed by atoms with Gasteiger partial charge in [-0.15, -0.1) is 0 Å². The summed E-state index contributed by atoms with van der Waals surface area (Å²) >= 11 is 0. The van der Waals surface area contributed by atoms with Crippen LogP contribution in [0.2, 0.25) is 0 Å². The Morgan fingerprint density at radius 1 is 1.10 bits per heavy atom. The molecule has 0 aliphatic carbocycles. The molecule has 1 aliphatic heterocycles. The molecule has 0 spiro atoms. The van der Waals surface area contributed by atoms with Crippen molar-refractivity contribution < 1.29 is 24.0 Å². The highest BCUT2D eigenvalue weighted by Crippen LogP contribution is 2.42. The minimum Gasteiger partial charge on any atom is -0.460 e. The van der Waals surface area contributed by atoms with Gasteiger partial charge in [-0.1, -0.05) is 48.5 Å². The van der Waals surface area contributed by atoms with Crippen molar-refractivity contribution in [1.82, 2.24) is 0 Å². The van der Waals surface area contributed by atoms with Crippen molar-refractivity contribution in [2.45, 2.75) is 39.4 Å². The number of nitrogens with zero attached hydrogens (tertiary/aromatic N) is 2.